The zero-order chi connectivity index (χ0) is 98.9. The number of benzene rings is 5. The molecular weight excluding hydrogens is 2170 g/mol. The molecule has 5 aromatic carbocycles. The molecule has 11 aromatic heterocycles. The number of nitrogens with zero attached hydrogens (tertiary/aromatic N) is 15. The van der Waals surface area contributed by atoms with Crippen LogP contribution in [0.15, 0.2) is 281 Å². The maximum Gasteiger partial charge on any atom is 0.335 e. The number of thioether (sulfide) groups is 5. The third-order valence-corrected chi connectivity index (χ3v) is 36.7. The Morgan fingerprint density at radius 1 is 0.376 bits per heavy atom. The van der Waals surface area contributed by atoms with Crippen LogP contribution in [0.3, 0.4) is 0 Å². The van der Waals surface area contributed by atoms with Gasteiger partial charge in [-0.2, -0.15) is 24.3 Å². The average Bonchev–Trinajstić information content (AvgIpc) is 1.39. The molecule has 0 aliphatic carbocycles. The van der Waals surface area contributed by atoms with Gasteiger partial charge in [0, 0.05) is 150 Å². The molecule has 21 rings (SSSR count). The number of anilines is 5. The van der Waals surface area contributed by atoms with Crippen LogP contribution in [-0.2, 0) is 50.8 Å². The third-order valence-electron chi connectivity index (χ3n) is 22.6. The van der Waals surface area contributed by atoms with Crippen LogP contribution in [0.5, 0.6) is 0 Å². The number of hydrogen-bond acceptors (Lipinski definition) is 27. The van der Waals surface area contributed by atoms with Gasteiger partial charge in [0.05, 0.1) is 56.1 Å². The van der Waals surface area contributed by atoms with E-state index >= 15 is 0 Å². The first-order chi connectivity index (χ1) is 67.7. The molecule has 0 saturated heterocycles. The van der Waals surface area contributed by atoms with Crippen molar-refractivity contribution in [3.63, 3.8) is 0 Å². The third kappa shape index (κ3) is 22.8. The van der Waals surface area contributed by atoms with Gasteiger partial charge >= 0.3 is 11.6 Å². The predicted octanol–water partition coefficient (Wildman–Crippen LogP) is 12.1. The molecule has 0 spiro atoms. The molecule has 22 nitrogen and oxygen atoms in total. The fraction of sp³-hybridized carbons (Fsp3) is 0.176. The van der Waals surface area contributed by atoms with Crippen LogP contribution in [-0.4, -0.2) is 86.4 Å². The summed E-state index contributed by atoms with van der Waals surface area (Å²) in [6.45, 7) is 17.9. The highest BCUT2D eigenvalue weighted by atomic mass is 79.9. The molecular formula is C102H90Br2ClF2N15O7S12. The summed E-state index contributed by atoms with van der Waals surface area (Å²) in [5.74, 6) is -1.77. The van der Waals surface area contributed by atoms with Gasteiger partial charge in [-0.1, -0.05) is 127 Å². The molecule has 0 saturated carbocycles. The summed E-state index contributed by atoms with van der Waals surface area (Å²) in [5, 5.41) is 8.77. The number of thiophene rings is 1. The van der Waals surface area contributed by atoms with Crippen molar-refractivity contribution in [2.75, 3.05) is 59.7 Å². The number of halogens is 5. The highest BCUT2D eigenvalue weighted by Gasteiger charge is 2.33. The molecule has 16 aromatic rings. The standard InChI is InChI=1S/C24H20F2N3OS3.2C20H19N3OS2.2C19H16BrN3OS2.ClH.O2S/c1-3-29-19(12-16-6-4-5-10-28(16)13-15-9-11-31-14-15)32-22(23(29)30)24-27(2)18-8-7-17(25)20(26)21(18)33-24;2*1-4-23-17(12-14-7-5-6-10-21-14)26-18(19(23)24)20-22(3)15-11-13(2)8-9-16(15)25-20;1-3-23-16(11-13-6-4-5-9-21-13)26-17(18(23)24)19-22(2)14-10-12(20)7-8-15(14)25-19;1-3-23-16(11-13-6-4-5-9-21-13)26-17(18(23)24)19-22(2)14-8-7-12(20)10-15(14)25-19;;1-3-2/h4-12,14H,3,13H2,1-2H3;2*5-12H,4H2,1-3H3;2*4-11H,3H2,1-2H3;1H;/q+1;;;;;;/p-1/b24-22+;2*17-12-,20-18+;2*16-11-,19-17+;;. The second-order valence-corrected chi connectivity index (χ2v) is 44.5. The van der Waals surface area contributed by atoms with Gasteiger partial charge in [-0.15, -0.1) is 56.7 Å². The van der Waals surface area contributed by atoms with E-state index in [1.165, 1.54) is 83.2 Å². The van der Waals surface area contributed by atoms with E-state index in [0.29, 0.717) is 48.0 Å². The minimum Gasteiger partial charge on any atom is -1.00 e. The van der Waals surface area contributed by atoms with E-state index in [1.54, 1.807) is 106 Å². The fourth-order valence-corrected chi connectivity index (χ4v) is 29.4. The fourth-order valence-electron chi connectivity index (χ4n) is 15.6. The van der Waals surface area contributed by atoms with Gasteiger partial charge in [0.25, 0.3) is 27.8 Å². The van der Waals surface area contributed by atoms with Gasteiger partial charge in [0.1, 0.15) is 71.1 Å². The number of rotatable bonds is 12. The normalized spacial score (nSPS) is 15.7. The molecule has 0 fully saturated rings. The first-order valence-electron chi connectivity index (χ1n) is 43.9. The Bertz CT molecular complexity index is 7880. The second kappa shape index (κ2) is 47.1. The molecule has 0 radical (unpaired) electrons. The molecule has 16 heterocycles. The minimum absolute atomic E-state index is 0. The van der Waals surface area contributed by atoms with Crippen molar-refractivity contribution in [1.29, 1.82) is 0 Å². The van der Waals surface area contributed by atoms with Crippen LogP contribution < -0.4 is 115 Å². The molecule has 0 unspecified atom stereocenters. The Morgan fingerprint density at radius 3 is 1.09 bits per heavy atom. The van der Waals surface area contributed by atoms with Crippen LogP contribution in [0.4, 0.5) is 37.2 Å². The number of aromatic nitrogens is 10. The van der Waals surface area contributed by atoms with Gasteiger partial charge in [-0.25, -0.2) is 8.78 Å². The first-order valence-corrected chi connectivity index (χ1v) is 55.3. The lowest BCUT2D eigenvalue weighted by molar-refractivity contribution is -0.690. The predicted molar refractivity (Wildman–Crippen MR) is 587 cm³/mol. The summed E-state index contributed by atoms with van der Waals surface area (Å²) in [4.78, 5) is 98.0. The molecule has 141 heavy (non-hydrogen) atoms. The van der Waals surface area contributed by atoms with Crippen LogP contribution in [0.2, 0.25) is 0 Å². The van der Waals surface area contributed by atoms with Crippen molar-refractivity contribution >= 4 is 254 Å². The van der Waals surface area contributed by atoms with E-state index in [1.807, 2.05) is 221 Å². The zero-order valence-electron chi connectivity index (χ0n) is 77.8. The number of thiazole rings is 5. The lowest BCUT2D eigenvalue weighted by atomic mass is 10.2. The Balaban J connectivity index is 0.000000132. The smallest absolute Gasteiger partial charge is 0.335 e. The molecule has 722 valence electrons. The van der Waals surface area contributed by atoms with E-state index in [4.69, 9.17) is 8.42 Å². The van der Waals surface area contributed by atoms with Crippen LogP contribution in [0.25, 0.3) is 55.5 Å². The maximum absolute atomic E-state index is 14.4. The molecule has 0 N–H and O–H groups in total. The van der Waals surface area contributed by atoms with Crippen molar-refractivity contribution in [3.05, 3.63) is 387 Å². The zero-order valence-corrected chi connectivity index (χ0v) is 91.6. The van der Waals surface area contributed by atoms with Crippen molar-refractivity contribution in [1.82, 2.24) is 42.8 Å². The van der Waals surface area contributed by atoms with E-state index < -0.39 is 23.2 Å². The summed E-state index contributed by atoms with van der Waals surface area (Å²) < 4.78 is 66.1. The van der Waals surface area contributed by atoms with Gasteiger partial charge in [0.15, 0.2) is 24.4 Å². The largest absolute Gasteiger partial charge is 1.00 e. The Hall–Kier alpha value is -10.9. The Labute approximate surface area is 881 Å². The number of aryl methyl sites for hydroxylation is 2. The van der Waals surface area contributed by atoms with E-state index in [-0.39, 0.29) is 45.1 Å². The molecule has 0 amide bonds. The van der Waals surface area contributed by atoms with Gasteiger partial charge in [-0.05, 0) is 223 Å². The molecule has 5 aliphatic heterocycles. The van der Waals surface area contributed by atoms with Gasteiger partial charge < -0.3 is 36.9 Å². The number of pyridine rings is 5. The first kappa shape index (κ1) is 104. The van der Waals surface area contributed by atoms with Crippen LogP contribution >= 0.6 is 159 Å². The lowest BCUT2D eigenvalue weighted by Crippen LogP contribution is -3.00. The lowest BCUT2D eigenvalue weighted by Gasteiger charge is -2.12. The summed E-state index contributed by atoms with van der Waals surface area (Å²) in [6.07, 6.45) is 19.0. The quantitative estimate of drug-likeness (QED) is 0.104. The van der Waals surface area contributed by atoms with Crippen molar-refractivity contribution in [2.24, 2.45) is 0 Å². The van der Waals surface area contributed by atoms with Gasteiger partial charge in [-0.3, -0.25) is 66.7 Å². The minimum atomic E-state index is -0.888. The Kier molecular flexibility index (Phi) is 34.9. The van der Waals surface area contributed by atoms with E-state index in [2.05, 4.69) is 167 Å². The van der Waals surface area contributed by atoms with Crippen molar-refractivity contribution in [2.45, 2.75) is 112 Å². The summed E-state index contributed by atoms with van der Waals surface area (Å²) in [5.41, 5.74) is 13.3. The molecule has 39 heteroatoms. The number of fused-ring (bicyclic) bond motifs is 5. The van der Waals surface area contributed by atoms with Gasteiger partial charge in [0.2, 0.25) is 5.69 Å². The molecule has 5 aliphatic rings. The van der Waals surface area contributed by atoms with Crippen LogP contribution in [0.1, 0.15) is 79.8 Å². The number of hydrogen-bond donors (Lipinski definition) is 0. The van der Waals surface area contributed by atoms with Crippen LogP contribution in [0, 0.1) is 25.5 Å². The second-order valence-electron chi connectivity index (χ2n) is 31.5. The van der Waals surface area contributed by atoms with E-state index in [0.717, 1.165) is 156 Å². The monoisotopic (exact) mass is 2250 g/mol. The highest BCUT2D eigenvalue weighted by Crippen LogP contribution is 2.51. The van der Waals surface area contributed by atoms with Crippen molar-refractivity contribution < 1.29 is 34.2 Å². The highest BCUT2D eigenvalue weighted by molar-refractivity contribution is 9.10. The summed E-state index contributed by atoms with van der Waals surface area (Å²) in [7, 11) is 9.87. The van der Waals surface area contributed by atoms with Crippen molar-refractivity contribution in [3.8, 4) is 0 Å². The van der Waals surface area contributed by atoms with E-state index in [9.17, 15) is 32.8 Å². The molecule has 0 atom stereocenters. The topological polar surface area (TPSA) is 216 Å². The SMILES string of the molecule is CCn1c(=O)/c(=C2\Sc3c(ccc(F)c3F)N2C)s/c1=C\c1cccc[n+]1Cc1ccsc1.CCn1c(=O)/c(=C2\Sc3cc(Br)ccc3N2C)s/c1=C\c1ccccn1.CCn1c(=O)/c(=C2\Sc3ccc(Br)cc3N2C)s/c1=C\c1ccccn1.CCn1c(=O)/c(=C2\Sc3ccc(C)cc3N2C)s/c1=C\c1ccccn1.CCn1c(=O)/c(=C2\Sc3ccc(C)cc3N2C)s/c1=C\c1ccccn1.O=S=O.[Cl-]. The Morgan fingerprint density at radius 2 is 0.709 bits per heavy atom. The summed E-state index contributed by atoms with van der Waals surface area (Å²) in [6, 6.07) is 59.1. The molecule has 0 bridgehead atoms. The summed E-state index contributed by atoms with van der Waals surface area (Å²) >= 11 is 23.2. The average molecular weight is 2260 g/mol. The maximum atomic E-state index is 14.4.